The van der Waals surface area contributed by atoms with Crippen LogP contribution in [0.4, 0.5) is 0 Å². The molecule has 0 aliphatic carbocycles. The molecule has 0 heterocycles. The Labute approximate surface area is 49.9 Å². The van der Waals surface area contributed by atoms with Crippen molar-refractivity contribution in [1.82, 2.24) is 0 Å². The number of hydrogen-bond acceptors (Lipinski definition) is 1. The molecule has 7 heavy (non-hydrogen) atoms. The summed E-state index contributed by atoms with van der Waals surface area (Å²) in [6.45, 7) is 0.601. The largest absolute Gasteiger partial charge is 0.381 e. The lowest BCUT2D eigenvalue weighted by Gasteiger charge is -1.81. The molecule has 0 aliphatic rings. The smallest absolute Gasteiger partial charge is 0.0655 e. The lowest BCUT2D eigenvalue weighted by molar-refractivity contribution is 0.234. The summed E-state index contributed by atoms with van der Waals surface area (Å²) in [4.78, 5) is 0. The van der Waals surface area contributed by atoms with Gasteiger partial charge in [-0.05, 0) is 6.08 Å². The van der Waals surface area contributed by atoms with Gasteiger partial charge in [0.1, 0.15) is 0 Å². The molecule has 44 valence electrons. The first-order chi connectivity index (χ1) is 2.91. The Kier molecular flexibility index (Phi) is 13.5. The van der Waals surface area contributed by atoms with E-state index in [1.54, 1.807) is 13.2 Å². The lowest BCUT2D eigenvalue weighted by atomic mass is 10.7. The quantitative estimate of drug-likeness (QED) is 0.545. The Hall–Kier alpha value is -0.0100. The van der Waals surface area contributed by atoms with E-state index in [-0.39, 0.29) is 7.43 Å². The van der Waals surface area contributed by atoms with Crippen molar-refractivity contribution in [2.24, 2.45) is 0 Å². The second kappa shape index (κ2) is 9.37. The van der Waals surface area contributed by atoms with E-state index in [1.165, 1.54) is 5.54 Å². The van der Waals surface area contributed by atoms with E-state index < -0.39 is 0 Å². The molecule has 1 nitrogen and oxygen atoms in total. The lowest BCUT2D eigenvalue weighted by Crippen LogP contribution is -1.77. The predicted octanol–water partition coefficient (Wildman–Crippen LogP) is 2.02. The molecule has 0 aromatic rings. The fourth-order valence-corrected chi connectivity index (χ4v) is 0.205. The first-order valence-electron chi connectivity index (χ1n) is 1.66. The summed E-state index contributed by atoms with van der Waals surface area (Å²) in [5, 5.41) is 0. The molecule has 0 radical (unpaired) electrons. The highest BCUT2D eigenvalue weighted by molar-refractivity contribution is 6.25. The molecule has 0 bridgehead atoms. The summed E-state index contributed by atoms with van der Waals surface area (Å²) in [6.07, 6.45) is 1.72. The number of hydrogen-bond donors (Lipinski definition) is 0. The molecular formula is C5H11ClO. The van der Waals surface area contributed by atoms with Crippen LogP contribution in [0.2, 0.25) is 0 Å². The van der Waals surface area contributed by atoms with Crippen LogP contribution in [0.1, 0.15) is 7.43 Å². The first kappa shape index (κ1) is 10.1. The minimum absolute atomic E-state index is 0. The Morgan fingerprint density at radius 3 is 2.43 bits per heavy atom. The summed E-state index contributed by atoms with van der Waals surface area (Å²) in [5.74, 6) is 0. The van der Waals surface area contributed by atoms with Gasteiger partial charge >= 0.3 is 0 Å². The maximum atomic E-state index is 5.12. The molecule has 0 atom stereocenters. The monoisotopic (exact) mass is 122 g/mol. The standard InChI is InChI=1S/C4H7ClO.CH4/c1-6-4-2-3-5;/h2-3H,4H2,1H3;1H4/b3-2-;. The SMILES string of the molecule is C.COC/C=C\Cl. The van der Waals surface area contributed by atoms with Gasteiger partial charge in [0.05, 0.1) is 6.61 Å². The average Bonchev–Trinajstić information content (AvgIpc) is 1.61. The average molecular weight is 123 g/mol. The number of ether oxygens (including phenoxy) is 1. The third-order valence-corrected chi connectivity index (χ3v) is 0.530. The highest BCUT2D eigenvalue weighted by Crippen LogP contribution is 1.76. The van der Waals surface area contributed by atoms with Crippen LogP contribution in [-0.2, 0) is 4.74 Å². The van der Waals surface area contributed by atoms with Crippen molar-refractivity contribution in [2.45, 2.75) is 7.43 Å². The second-order valence-corrected chi connectivity index (χ2v) is 1.07. The maximum absolute atomic E-state index is 5.12. The summed E-state index contributed by atoms with van der Waals surface area (Å²) >= 11 is 5.12. The third-order valence-electron chi connectivity index (χ3n) is 0.352. The number of rotatable bonds is 2. The Bertz CT molecular complexity index is 43.3. The molecule has 0 N–H and O–H groups in total. The van der Waals surface area contributed by atoms with Gasteiger partial charge in [-0.1, -0.05) is 19.0 Å². The second-order valence-electron chi connectivity index (χ2n) is 0.817. The number of methoxy groups -OCH3 is 1. The zero-order valence-corrected chi connectivity index (χ0v) is 4.40. The summed E-state index contributed by atoms with van der Waals surface area (Å²) in [5.41, 5.74) is 1.43. The van der Waals surface area contributed by atoms with E-state index in [4.69, 9.17) is 11.6 Å². The molecule has 0 aromatic carbocycles. The zero-order valence-electron chi connectivity index (χ0n) is 3.65. The fourth-order valence-electron chi connectivity index (χ4n) is 0.133. The maximum Gasteiger partial charge on any atom is 0.0655 e. The Morgan fingerprint density at radius 1 is 1.71 bits per heavy atom. The first-order valence-corrected chi connectivity index (χ1v) is 2.09. The van der Waals surface area contributed by atoms with Crippen LogP contribution >= 0.6 is 11.6 Å². The van der Waals surface area contributed by atoms with Crippen LogP contribution in [-0.4, -0.2) is 13.7 Å². The highest BCUT2D eigenvalue weighted by atomic mass is 35.5. The predicted molar refractivity (Wildman–Crippen MR) is 33.6 cm³/mol. The van der Waals surface area contributed by atoms with E-state index >= 15 is 0 Å². The molecule has 2 heteroatoms. The van der Waals surface area contributed by atoms with Crippen LogP contribution in [0.5, 0.6) is 0 Å². The van der Waals surface area contributed by atoms with Gasteiger partial charge < -0.3 is 4.74 Å². The van der Waals surface area contributed by atoms with Crippen molar-refractivity contribution in [1.29, 1.82) is 0 Å². The van der Waals surface area contributed by atoms with Crippen LogP contribution < -0.4 is 0 Å². The molecule has 0 spiro atoms. The fraction of sp³-hybridized carbons (Fsp3) is 0.600. The van der Waals surface area contributed by atoms with Crippen molar-refractivity contribution in [3.63, 3.8) is 0 Å². The van der Waals surface area contributed by atoms with Crippen LogP contribution in [0.25, 0.3) is 0 Å². The summed E-state index contributed by atoms with van der Waals surface area (Å²) < 4.78 is 4.61. The molecule has 0 aromatic heterocycles. The van der Waals surface area contributed by atoms with Gasteiger partial charge in [-0.15, -0.1) is 0 Å². The molecule has 0 saturated heterocycles. The van der Waals surface area contributed by atoms with Crippen molar-refractivity contribution in [3.8, 4) is 0 Å². The van der Waals surface area contributed by atoms with Crippen LogP contribution in [0.3, 0.4) is 0 Å². The van der Waals surface area contributed by atoms with Gasteiger partial charge in [0.15, 0.2) is 0 Å². The Morgan fingerprint density at radius 2 is 2.29 bits per heavy atom. The van der Waals surface area contributed by atoms with Crippen LogP contribution in [0, 0.1) is 0 Å². The molecular weight excluding hydrogens is 112 g/mol. The molecule has 0 unspecified atom stereocenters. The van der Waals surface area contributed by atoms with Crippen molar-refractivity contribution < 1.29 is 4.74 Å². The van der Waals surface area contributed by atoms with Gasteiger partial charge in [0.2, 0.25) is 0 Å². The highest BCUT2D eigenvalue weighted by Gasteiger charge is 1.63. The normalized spacial score (nSPS) is 8.86. The van der Waals surface area contributed by atoms with Crippen molar-refractivity contribution in [3.05, 3.63) is 11.6 Å². The van der Waals surface area contributed by atoms with Crippen LogP contribution in [0.15, 0.2) is 11.6 Å². The minimum atomic E-state index is 0. The topological polar surface area (TPSA) is 9.23 Å². The molecule has 0 saturated carbocycles. The summed E-state index contributed by atoms with van der Waals surface area (Å²) in [6, 6.07) is 0. The van der Waals surface area contributed by atoms with E-state index in [0.29, 0.717) is 6.61 Å². The van der Waals surface area contributed by atoms with E-state index in [2.05, 4.69) is 4.74 Å². The molecule has 0 aliphatic heterocycles. The molecule has 0 fully saturated rings. The van der Waals surface area contributed by atoms with Crippen molar-refractivity contribution in [2.75, 3.05) is 13.7 Å². The molecule has 0 amide bonds. The Balaban J connectivity index is 0. The van der Waals surface area contributed by atoms with E-state index in [0.717, 1.165) is 0 Å². The minimum Gasteiger partial charge on any atom is -0.381 e. The third kappa shape index (κ3) is 10.7. The van der Waals surface area contributed by atoms with Gasteiger partial charge in [-0.3, -0.25) is 0 Å². The number of halogens is 1. The van der Waals surface area contributed by atoms with Gasteiger partial charge in [-0.2, -0.15) is 0 Å². The molecule has 0 rings (SSSR count). The van der Waals surface area contributed by atoms with E-state index in [1.807, 2.05) is 0 Å². The zero-order chi connectivity index (χ0) is 4.83. The van der Waals surface area contributed by atoms with Gasteiger partial charge in [0, 0.05) is 12.6 Å². The van der Waals surface area contributed by atoms with Gasteiger partial charge in [-0.25, -0.2) is 0 Å². The van der Waals surface area contributed by atoms with Crippen molar-refractivity contribution >= 4 is 11.6 Å². The van der Waals surface area contributed by atoms with E-state index in [9.17, 15) is 0 Å². The van der Waals surface area contributed by atoms with Gasteiger partial charge in [0.25, 0.3) is 0 Å². The summed E-state index contributed by atoms with van der Waals surface area (Å²) in [7, 11) is 1.62.